The molecule has 2 heterocycles. The minimum atomic E-state index is -0.685. The van der Waals surface area contributed by atoms with Crippen LogP contribution in [0.1, 0.15) is 10.5 Å². The minimum Gasteiger partial charge on any atom is -0.394 e. The maximum atomic E-state index is 14.3. The summed E-state index contributed by atoms with van der Waals surface area (Å²) in [6.07, 6.45) is 2.41. The maximum absolute atomic E-state index is 14.3. The first-order chi connectivity index (χ1) is 12.9. The fourth-order valence-corrected chi connectivity index (χ4v) is 3.14. The Morgan fingerprint density at radius 2 is 2.11 bits per heavy atom. The Bertz CT molecular complexity index is 1010. The van der Waals surface area contributed by atoms with Gasteiger partial charge in [-0.15, -0.1) is 0 Å². The largest absolute Gasteiger partial charge is 0.394 e. The predicted molar refractivity (Wildman–Crippen MR) is 104 cm³/mol. The van der Waals surface area contributed by atoms with Crippen molar-refractivity contribution in [3.63, 3.8) is 0 Å². The molecule has 0 atom stereocenters. The van der Waals surface area contributed by atoms with E-state index in [1.54, 1.807) is 6.07 Å². The molecule has 10 heteroatoms. The number of hydroxylamine groups is 1. The fraction of sp³-hybridized carbons (Fsp3) is 0.176. The molecule has 0 aliphatic rings. The van der Waals surface area contributed by atoms with E-state index in [4.69, 9.17) is 9.94 Å². The number of carbonyl (C=O) groups is 1. The SMILES string of the molecule is Cn1c(C(=O)NOCCO)c(Nc2ccc(I)cc2F)c2cncc(F)c21. The first-order valence-electron chi connectivity index (χ1n) is 7.81. The Kier molecular flexibility index (Phi) is 5.87. The van der Waals surface area contributed by atoms with Crippen molar-refractivity contribution in [2.24, 2.45) is 7.05 Å². The number of anilines is 2. The van der Waals surface area contributed by atoms with Gasteiger partial charge in [-0.2, -0.15) is 0 Å². The molecule has 3 rings (SSSR count). The van der Waals surface area contributed by atoms with Crippen molar-refractivity contribution in [1.29, 1.82) is 0 Å². The van der Waals surface area contributed by atoms with E-state index in [0.717, 1.165) is 6.20 Å². The summed E-state index contributed by atoms with van der Waals surface area (Å²) in [5, 5.41) is 11.9. The van der Waals surface area contributed by atoms with Gasteiger partial charge in [0.05, 0.1) is 36.3 Å². The number of hydrogen-bond acceptors (Lipinski definition) is 5. The highest BCUT2D eigenvalue weighted by molar-refractivity contribution is 14.1. The van der Waals surface area contributed by atoms with E-state index in [1.807, 2.05) is 22.6 Å². The van der Waals surface area contributed by atoms with Gasteiger partial charge in [0.25, 0.3) is 5.91 Å². The monoisotopic (exact) mass is 488 g/mol. The lowest BCUT2D eigenvalue weighted by atomic mass is 10.2. The fourth-order valence-electron chi connectivity index (χ4n) is 2.69. The van der Waals surface area contributed by atoms with E-state index < -0.39 is 17.5 Å². The molecule has 0 radical (unpaired) electrons. The summed E-state index contributed by atoms with van der Waals surface area (Å²) in [4.78, 5) is 21.2. The third-order valence-corrected chi connectivity index (χ3v) is 4.48. The molecular weight excluding hydrogens is 473 g/mol. The number of nitrogens with one attached hydrogen (secondary N) is 2. The van der Waals surface area contributed by atoms with E-state index in [1.165, 1.54) is 29.9 Å². The molecule has 0 spiro atoms. The number of aryl methyl sites for hydroxylation is 1. The van der Waals surface area contributed by atoms with Gasteiger partial charge < -0.3 is 15.0 Å². The smallest absolute Gasteiger partial charge is 0.293 e. The molecule has 3 aromatic rings. The highest BCUT2D eigenvalue weighted by Gasteiger charge is 2.24. The quantitative estimate of drug-likeness (QED) is 0.282. The van der Waals surface area contributed by atoms with Crippen LogP contribution in [0.15, 0.2) is 30.6 Å². The number of nitrogens with zero attached hydrogens (tertiary/aromatic N) is 2. The number of fused-ring (bicyclic) bond motifs is 1. The molecule has 0 saturated carbocycles. The minimum absolute atomic E-state index is 0.0211. The van der Waals surface area contributed by atoms with Crippen LogP contribution in [0.25, 0.3) is 10.9 Å². The molecule has 2 aromatic heterocycles. The van der Waals surface area contributed by atoms with Crippen molar-refractivity contribution in [3.05, 3.63) is 51.5 Å². The second-order valence-corrected chi connectivity index (χ2v) is 6.80. The van der Waals surface area contributed by atoms with Crippen LogP contribution in [-0.2, 0) is 11.9 Å². The highest BCUT2D eigenvalue weighted by atomic mass is 127. The van der Waals surface area contributed by atoms with Crippen LogP contribution < -0.4 is 10.8 Å². The van der Waals surface area contributed by atoms with Crippen LogP contribution >= 0.6 is 22.6 Å². The van der Waals surface area contributed by atoms with Gasteiger partial charge in [0, 0.05) is 22.2 Å². The topological polar surface area (TPSA) is 88.4 Å². The Balaban J connectivity index is 2.12. The van der Waals surface area contributed by atoms with E-state index in [-0.39, 0.29) is 35.8 Å². The first-order valence-corrected chi connectivity index (χ1v) is 8.89. The molecular formula is C17H15F2IN4O3. The molecule has 0 fully saturated rings. The van der Waals surface area contributed by atoms with Crippen molar-refractivity contribution >= 4 is 50.8 Å². The second kappa shape index (κ2) is 8.15. The van der Waals surface area contributed by atoms with E-state index in [0.29, 0.717) is 8.96 Å². The number of pyridine rings is 1. The molecule has 0 aliphatic carbocycles. The number of aromatic nitrogens is 2. The van der Waals surface area contributed by atoms with Gasteiger partial charge in [-0.1, -0.05) is 0 Å². The molecule has 142 valence electrons. The Morgan fingerprint density at radius 1 is 1.33 bits per heavy atom. The maximum Gasteiger partial charge on any atom is 0.293 e. The summed E-state index contributed by atoms with van der Waals surface area (Å²) in [7, 11) is 1.50. The molecule has 1 aromatic carbocycles. The van der Waals surface area contributed by atoms with Gasteiger partial charge in [0.2, 0.25) is 0 Å². The average molecular weight is 488 g/mol. The van der Waals surface area contributed by atoms with Crippen LogP contribution in [0, 0.1) is 15.2 Å². The Hall–Kier alpha value is -2.31. The standard InChI is InChI=1S/C17H15F2IN4O3/c1-24-15-10(7-21-8-12(15)19)14(16(24)17(26)23-27-5-4-25)22-13-3-2-9(20)6-11(13)18/h2-3,6-8,22,25H,4-5H2,1H3,(H,23,26). The number of hydrogen-bond donors (Lipinski definition) is 3. The molecule has 27 heavy (non-hydrogen) atoms. The van der Waals surface area contributed by atoms with Crippen molar-refractivity contribution in [3.8, 4) is 0 Å². The summed E-state index contributed by atoms with van der Waals surface area (Å²) in [6, 6.07) is 4.55. The van der Waals surface area contributed by atoms with Gasteiger partial charge in [-0.25, -0.2) is 14.3 Å². The van der Waals surface area contributed by atoms with E-state index >= 15 is 0 Å². The van der Waals surface area contributed by atoms with Crippen molar-refractivity contribution in [2.45, 2.75) is 0 Å². The summed E-state index contributed by atoms with van der Waals surface area (Å²) in [5.41, 5.74) is 2.63. The summed E-state index contributed by atoms with van der Waals surface area (Å²) >= 11 is 1.98. The zero-order valence-electron chi connectivity index (χ0n) is 14.1. The lowest BCUT2D eigenvalue weighted by molar-refractivity contribution is 0.0163. The highest BCUT2D eigenvalue weighted by Crippen LogP contribution is 2.34. The molecule has 0 aliphatic heterocycles. The molecule has 0 bridgehead atoms. The molecule has 0 saturated heterocycles. The first kappa shape index (κ1) is 19.5. The lowest BCUT2D eigenvalue weighted by Gasteiger charge is -2.11. The predicted octanol–water partition coefficient (Wildman–Crippen LogP) is 2.85. The summed E-state index contributed by atoms with van der Waals surface area (Å²) < 4.78 is 30.6. The Labute approximate surface area is 166 Å². The number of halogens is 3. The van der Waals surface area contributed by atoms with Crippen LogP contribution in [0.5, 0.6) is 0 Å². The molecule has 3 N–H and O–H groups in total. The third kappa shape index (κ3) is 3.87. The van der Waals surface area contributed by atoms with Crippen molar-refractivity contribution in [2.75, 3.05) is 18.5 Å². The molecule has 7 nitrogen and oxygen atoms in total. The van der Waals surface area contributed by atoms with Crippen LogP contribution in [0.3, 0.4) is 0 Å². The Morgan fingerprint density at radius 3 is 2.81 bits per heavy atom. The summed E-state index contributed by atoms with van der Waals surface area (Å²) in [6.45, 7) is -0.396. The van der Waals surface area contributed by atoms with Crippen LogP contribution in [0.2, 0.25) is 0 Å². The van der Waals surface area contributed by atoms with E-state index in [9.17, 15) is 13.6 Å². The van der Waals surface area contributed by atoms with E-state index in [2.05, 4.69) is 15.8 Å². The lowest BCUT2D eigenvalue weighted by Crippen LogP contribution is -2.27. The number of aliphatic hydroxyl groups is 1. The van der Waals surface area contributed by atoms with Crippen molar-refractivity contribution < 1.29 is 23.5 Å². The number of rotatable bonds is 6. The summed E-state index contributed by atoms with van der Waals surface area (Å²) in [5.74, 6) is -1.84. The zero-order valence-corrected chi connectivity index (χ0v) is 16.3. The molecule has 0 unspecified atom stereocenters. The average Bonchev–Trinajstić information content (AvgIpc) is 2.91. The number of benzene rings is 1. The van der Waals surface area contributed by atoms with Gasteiger partial charge in [0.15, 0.2) is 5.82 Å². The second-order valence-electron chi connectivity index (χ2n) is 5.55. The zero-order chi connectivity index (χ0) is 19.6. The molecule has 1 amide bonds. The third-order valence-electron chi connectivity index (χ3n) is 3.81. The van der Waals surface area contributed by atoms with Gasteiger partial charge >= 0.3 is 0 Å². The van der Waals surface area contributed by atoms with Crippen LogP contribution in [0.4, 0.5) is 20.2 Å². The number of aliphatic hydroxyl groups excluding tert-OH is 1. The van der Waals surface area contributed by atoms with Gasteiger partial charge in [-0.3, -0.25) is 14.6 Å². The van der Waals surface area contributed by atoms with Gasteiger partial charge in [0.1, 0.15) is 11.5 Å². The van der Waals surface area contributed by atoms with Crippen LogP contribution in [-0.4, -0.2) is 33.8 Å². The van der Waals surface area contributed by atoms with Crippen molar-refractivity contribution in [1.82, 2.24) is 15.0 Å². The number of amides is 1. The van der Waals surface area contributed by atoms with Gasteiger partial charge in [-0.05, 0) is 40.8 Å². The normalized spacial score (nSPS) is 11.0. The number of carbonyl (C=O) groups excluding carboxylic acids is 1.